The maximum Gasteiger partial charge on any atom is 0.277 e. The molecule has 3 aromatic rings. The van der Waals surface area contributed by atoms with E-state index in [1.807, 2.05) is 0 Å². The van der Waals surface area contributed by atoms with Crippen LogP contribution in [0.2, 0.25) is 5.02 Å². The number of nitrogens with zero attached hydrogens (tertiary/aromatic N) is 2. The summed E-state index contributed by atoms with van der Waals surface area (Å²) in [5, 5.41) is 10.8. The minimum atomic E-state index is -0.474. The summed E-state index contributed by atoms with van der Waals surface area (Å²) in [7, 11) is 0. The number of aromatic nitrogens is 2. The molecular formula is C17H13ClFN3O2S. The second kappa shape index (κ2) is 7.67. The lowest BCUT2D eigenvalue weighted by Gasteiger charge is -2.10. The number of anilines is 1. The molecule has 0 bridgehead atoms. The fraction of sp³-hybridized carbons (Fsp3) is 0.118. The maximum absolute atomic E-state index is 13.0. The highest BCUT2D eigenvalue weighted by molar-refractivity contribution is 8.00. The number of halogens is 2. The summed E-state index contributed by atoms with van der Waals surface area (Å²) in [5.41, 5.74) is 1.15. The van der Waals surface area contributed by atoms with Gasteiger partial charge in [0.2, 0.25) is 11.8 Å². The first kappa shape index (κ1) is 17.4. The Balaban J connectivity index is 1.65. The van der Waals surface area contributed by atoms with Gasteiger partial charge in [-0.25, -0.2) is 4.39 Å². The van der Waals surface area contributed by atoms with Gasteiger partial charge in [-0.1, -0.05) is 35.5 Å². The van der Waals surface area contributed by atoms with Crippen LogP contribution in [0.25, 0.3) is 11.5 Å². The molecule has 0 aliphatic heterocycles. The van der Waals surface area contributed by atoms with Gasteiger partial charge in [0.15, 0.2) is 0 Å². The van der Waals surface area contributed by atoms with E-state index in [0.29, 0.717) is 16.3 Å². The van der Waals surface area contributed by atoms with E-state index in [-0.39, 0.29) is 22.8 Å². The molecule has 1 aromatic heterocycles. The summed E-state index contributed by atoms with van der Waals surface area (Å²) < 4.78 is 18.5. The average Bonchev–Trinajstić information content (AvgIpc) is 3.06. The molecule has 128 valence electrons. The molecule has 0 radical (unpaired) electrons. The lowest BCUT2D eigenvalue weighted by Crippen LogP contribution is -2.22. The van der Waals surface area contributed by atoms with E-state index in [9.17, 15) is 9.18 Å². The quantitative estimate of drug-likeness (QED) is 0.655. The monoisotopic (exact) mass is 377 g/mol. The number of benzene rings is 2. The molecule has 1 amide bonds. The molecule has 25 heavy (non-hydrogen) atoms. The fourth-order valence-corrected chi connectivity index (χ4v) is 2.83. The molecular weight excluding hydrogens is 365 g/mol. The second-order valence-corrected chi connectivity index (χ2v) is 6.81. The van der Waals surface area contributed by atoms with Gasteiger partial charge in [-0.3, -0.25) is 4.79 Å². The topological polar surface area (TPSA) is 68.0 Å². The van der Waals surface area contributed by atoms with Crippen molar-refractivity contribution in [2.24, 2.45) is 0 Å². The van der Waals surface area contributed by atoms with Crippen molar-refractivity contribution >= 4 is 35.0 Å². The number of hydrogen-bond acceptors (Lipinski definition) is 5. The molecule has 2 aromatic carbocycles. The smallest absolute Gasteiger partial charge is 0.277 e. The molecule has 0 unspecified atom stereocenters. The number of nitrogens with one attached hydrogen (secondary N) is 1. The largest absolute Gasteiger partial charge is 0.411 e. The van der Waals surface area contributed by atoms with Gasteiger partial charge in [0, 0.05) is 5.56 Å². The molecule has 1 N–H and O–H groups in total. The van der Waals surface area contributed by atoms with Crippen LogP contribution in [-0.4, -0.2) is 21.4 Å². The van der Waals surface area contributed by atoms with Gasteiger partial charge >= 0.3 is 0 Å². The zero-order chi connectivity index (χ0) is 17.8. The van der Waals surface area contributed by atoms with Crippen LogP contribution in [0, 0.1) is 5.82 Å². The predicted octanol–water partition coefficient (Wildman–Crippen LogP) is 4.65. The molecule has 0 spiro atoms. The number of hydrogen-bond donors (Lipinski definition) is 1. The first-order valence-corrected chi connectivity index (χ1v) is 8.60. The molecule has 0 saturated heterocycles. The summed E-state index contributed by atoms with van der Waals surface area (Å²) in [5.74, 6) is -0.316. The van der Waals surface area contributed by atoms with Crippen molar-refractivity contribution in [3.05, 3.63) is 59.4 Å². The molecule has 3 rings (SSSR count). The van der Waals surface area contributed by atoms with Gasteiger partial charge in [0.05, 0.1) is 16.0 Å². The van der Waals surface area contributed by atoms with E-state index >= 15 is 0 Å². The first-order valence-electron chi connectivity index (χ1n) is 7.34. The Morgan fingerprint density at radius 1 is 1.20 bits per heavy atom. The Morgan fingerprint density at radius 3 is 2.64 bits per heavy atom. The molecule has 1 heterocycles. The Hall–Kier alpha value is -2.38. The highest BCUT2D eigenvalue weighted by atomic mass is 35.5. The minimum Gasteiger partial charge on any atom is -0.411 e. The van der Waals surface area contributed by atoms with Crippen molar-refractivity contribution < 1.29 is 13.6 Å². The Kier molecular flexibility index (Phi) is 5.35. The third kappa shape index (κ3) is 4.37. The fourth-order valence-electron chi connectivity index (χ4n) is 1.97. The predicted molar refractivity (Wildman–Crippen MR) is 95.1 cm³/mol. The third-order valence-corrected chi connectivity index (χ3v) is 4.54. The van der Waals surface area contributed by atoms with E-state index in [1.54, 1.807) is 43.3 Å². The van der Waals surface area contributed by atoms with Crippen molar-refractivity contribution in [3.63, 3.8) is 0 Å². The molecule has 5 nitrogen and oxygen atoms in total. The van der Waals surface area contributed by atoms with Crippen LogP contribution in [-0.2, 0) is 4.79 Å². The lowest BCUT2D eigenvalue weighted by atomic mass is 10.2. The van der Waals surface area contributed by atoms with Gasteiger partial charge in [0.1, 0.15) is 5.82 Å². The lowest BCUT2D eigenvalue weighted by molar-refractivity contribution is -0.115. The minimum absolute atomic E-state index is 0.236. The van der Waals surface area contributed by atoms with Gasteiger partial charge < -0.3 is 9.73 Å². The van der Waals surface area contributed by atoms with E-state index in [4.69, 9.17) is 16.0 Å². The standard InChI is InChI=1S/C17H13ClFN3O2S/c1-10(15(23)20-14-5-3-2-4-13(14)18)25-17-22-21-16(24-17)11-6-8-12(19)9-7-11/h2-10H,1H3,(H,20,23)/t10-/m1/s1. The average molecular weight is 378 g/mol. The molecule has 0 aliphatic carbocycles. The van der Waals surface area contributed by atoms with E-state index in [1.165, 1.54) is 12.1 Å². The van der Waals surface area contributed by atoms with Crippen LogP contribution in [0.5, 0.6) is 0 Å². The van der Waals surface area contributed by atoms with Gasteiger partial charge in [0.25, 0.3) is 5.22 Å². The molecule has 0 saturated carbocycles. The normalized spacial score (nSPS) is 12.0. The summed E-state index contributed by atoms with van der Waals surface area (Å²) in [6.07, 6.45) is 0. The molecule has 8 heteroatoms. The van der Waals surface area contributed by atoms with Gasteiger partial charge in [-0.15, -0.1) is 10.2 Å². The first-order chi connectivity index (χ1) is 12.0. The summed E-state index contributed by atoms with van der Waals surface area (Å²) in [4.78, 5) is 12.3. The van der Waals surface area contributed by atoms with E-state index in [2.05, 4.69) is 15.5 Å². The summed E-state index contributed by atoms with van der Waals surface area (Å²) >= 11 is 7.15. The Morgan fingerprint density at radius 2 is 1.92 bits per heavy atom. The SMILES string of the molecule is C[C@@H](Sc1nnc(-c2ccc(F)cc2)o1)C(=O)Nc1ccccc1Cl. The zero-order valence-electron chi connectivity index (χ0n) is 13.1. The van der Waals surface area contributed by atoms with Crippen LogP contribution in [0.4, 0.5) is 10.1 Å². The van der Waals surface area contributed by atoms with Crippen molar-refractivity contribution in [2.75, 3.05) is 5.32 Å². The van der Waals surface area contributed by atoms with Crippen LogP contribution in [0.3, 0.4) is 0 Å². The van der Waals surface area contributed by atoms with Crippen LogP contribution in [0.1, 0.15) is 6.92 Å². The number of thioether (sulfide) groups is 1. The second-order valence-electron chi connectivity index (χ2n) is 5.11. The van der Waals surface area contributed by atoms with Crippen molar-refractivity contribution in [1.82, 2.24) is 10.2 Å². The highest BCUT2D eigenvalue weighted by Gasteiger charge is 2.19. The van der Waals surface area contributed by atoms with Gasteiger partial charge in [-0.2, -0.15) is 0 Å². The number of rotatable bonds is 5. The Labute approximate surface area is 152 Å². The number of para-hydroxylation sites is 1. The maximum atomic E-state index is 13.0. The molecule has 0 aliphatic rings. The molecule has 0 fully saturated rings. The van der Waals surface area contributed by atoms with Gasteiger partial charge in [-0.05, 0) is 43.3 Å². The van der Waals surface area contributed by atoms with Crippen molar-refractivity contribution in [3.8, 4) is 11.5 Å². The van der Waals surface area contributed by atoms with Crippen LogP contribution < -0.4 is 5.32 Å². The van der Waals surface area contributed by atoms with Crippen LogP contribution in [0.15, 0.2) is 58.2 Å². The summed E-state index contributed by atoms with van der Waals surface area (Å²) in [6, 6.07) is 12.7. The zero-order valence-corrected chi connectivity index (χ0v) is 14.6. The number of amides is 1. The van der Waals surface area contributed by atoms with E-state index in [0.717, 1.165) is 11.8 Å². The third-order valence-electron chi connectivity index (χ3n) is 3.28. The number of carbonyl (C=O) groups is 1. The summed E-state index contributed by atoms with van der Waals surface area (Å²) in [6.45, 7) is 1.72. The van der Waals surface area contributed by atoms with Crippen molar-refractivity contribution in [2.45, 2.75) is 17.4 Å². The van der Waals surface area contributed by atoms with Crippen LogP contribution >= 0.6 is 23.4 Å². The number of carbonyl (C=O) groups excluding carboxylic acids is 1. The highest BCUT2D eigenvalue weighted by Crippen LogP contribution is 2.28. The molecule has 1 atom stereocenters. The Bertz CT molecular complexity index is 886. The van der Waals surface area contributed by atoms with Crippen molar-refractivity contribution in [1.29, 1.82) is 0 Å². The van der Waals surface area contributed by atoms with E-state index < -0.39 is 5.25 Å².